The smallest absolute Gasteiger partial charge is 0.342 e. The largest absolute Gasteiger partial charge is 0.434 e. The zero-order chi connectivity index (χ0) is 20.5. The van der Waals surface area contributed by atoms with E-state index in [-0.39, 0.29) is 15.4 Å². The van der Waals surface area contributed by atoms with E-state index in [9.17, 15) is 18.0 Å². The SMILES string of the molecule is CCC1(C)CCN(c2ncc(Sc3cccnc3C(F)(F)F)c(=O)n2C)CC1. The molecule has 0 N–H and O–H groups in total. The summed E-state index contributed by atoms with van der Waals surface area (Å²) < 4.78 is 40.9. The summed E-state index contributed by atoms with van der Waals surface area (Å²) in [7, 11) is 1.61. The summed E-state index contributed by atoms with van der Waals surface area (Å²) in [6.45, 7) is 6.06. The lowest BCUT2D eigenvalue weighted by atomic mass is 9.78. The second-order valence-electron chi connectivity index (χ2n) is 7.39. The maximum absolute atomic E-state index is 13.1. The molecule has 0 radical (unpaired) electrons. The van der Waals surface area contributed by atoms with Crippen LogP contribution in [0.4, 0.5) is 19.1 Å². The van der Waals surface area contributed by atoms with Gasteiger partial charge in [0.15, 0.2) is 5.69 Å². The van der Waals surface area contributed by atoms with Crippen LogP contribution in [0.25, 0.3) is 0 Å². The van der Waals surface area contributed by atoms with E-state index in [0.29, 0.717) is 11.4 Å². The van der Waals surface area contributed by atoms with Crippen LogP contribution in [-0.2, 0) is 13.2 Å². The van der Waals surface area contributed by atoms with E-state index in [0.717, 1.165) is 50.3 Å². The number of pyridine rings is 1. The van der Waals surface area contributed by atoms with Crippen LogP contribution in [0.3, 0.4) is 0 Å². The van der Waals surface area contributed by atoms with Gasteiger partial charge in [0.25, 0.3) is 5.56 Å². The van der Waals surface area contributed by atoms with Crippen LogP contribution in [-0.4, -0.2) is 27.6 Å². The van der Waals surface area contributed by atoms with E-state index < -0.39 is 11.9 Å². The Morgan fingerprint density at radius 3 is 2.50 bits per heavy atom. The van der Waals surface area contributed by atoms with E-state index in [4.69, 9.17) is 0 Å². The van der Waals surface area contributed by atoms with Gasteiger partial charge in [-0.25, -0.2) is 4.98 Å². The molecule has 2 aromatic heterocycles. The normalized spacial score (nSPS) is 17.0. The molecular weight excluding hydrogens is 389 g/mol. The number of piperidine rings is 1. The molecule has 1 saturated heterocycles. The van der Waals surface area contributed by atoms with Crippen molar-refractivity contribution in [3.05, 3.63) is 40.6 Å². The van der Waals surface area contributed by atoms with Gasteiger partial charge in [-0.05, 0) is 30.4 Å². The van der Waals surface area contributed by atoms with Gasteiger partial charge >= 0.3 is 6.18 Å². The summed E-state index contributed by atoms with van der Waals surface area (Å²) in [5.74, 6) is 0.551. The van der Waals surface area contributed by atoms with Gasteiger partial charge in [0.1, 0.15) is 0 Å². The molecule has 0 amide bonds. The quantitative estimate of drug-likeness (QED) is 0.747. The Balaban J connectivity index is 1.86. The number of hydrogen-bond donors (Lipinski definition) is 0. The number of alkyl halides is 3. The van der Waals surface area contributed by atoms with Gasteiger partial charge in [-0.1, -0.05) is 32.0 Å². The highest BCUT2D eigenvalue weighted by Gasteiger charge is 2.36. The minimum atomic E-state index is -4.58. The zero-order valence-electron chi connectivity index (χ0n) is 16.1. The van der Waals surface area contributed by atoms with Gasteiger partial charge < -0.3 is 4.90 Å². The molecule has 1 aliphatic rings. The molecule has 0 spiro atoms. The number of halogens is 3. The molecule has 152 valence electrons. The zero-order valence-corrected chi connectivity index (χ0v) is 16.9. The van der Waals surface area contributed by atoms with Crippen molar-refractivity contribution in [3.63, 3.8) is 0 Å². The third-order valence-electron chi connectivity index (χ3n) is 5.48. The minimum Gasteiger partial charge on any atom is -0.342 e. The molecule has 0 atom stereocenters. The van der Waals surface area contributed by atoms with Gasteiger partial charge in [-0.15, -0.1) is 0 Å². The predicted octanol–water partition coefficient (Wildman–Crippen LogP) is 4.36. The van der Waals surface area contributed by atoms with Crippen LogP contribution in [0.2, 0.25) is 0 Å². The van der Waals surface area contributed by atoms with Gasteiger partial charge in [0, 0.05) is 31.2 Å². The fourth-order valence-electron chi connectivity index (χ4n) is 3.28. The topological polar surface area (TPSA) is 51.0 Å². The maximum atomic E-state index is 13.1. The van der Waals surface area contributed by atoms with E-state index >= 15 is 0 Å². The Kier molecular flexibility index (Phi) is 5.74. The molecular formula is C19H23F3N4OS. The predicted molar refractivity (Wildman–Crippen MR) is 103 cm³/mol. The van der Waals surface area contributed by atoms with Crippen LogP contribution in [0, 0.1) is 5.41 Å². The van der Waals surface area contributed by atoms with Gasteiger partial charge in [0.2, 0.25) is 5.95 Å². The number of nitrogens with zero attached hydrogens (tertiary/aromatic N) is 4. The molecule has 1 fully saturated rings. The third-order valence-corrected chi connectivity index (χ3v) is 6.53. The first kappa shape index (κ1) is 20.7. The second-order valence-corrected chi connectivity index (χ2v) is 8.47. The molecule has 2 aromatic rings. The maximum Gasteiger partial charge on any atom is 0.434 e. The van der Waals surface area contributed by atoms with Crippen LogP contribution in [0.15, 0.2) is 39.1 Å². The van der Waals surface area contributed by atoms with Crippen molar-refractivity contribution in [2.75, 3.05) is 18.0 Å². The van der Waals surface area contributed by atoms with Crippen molar-refractivity contribution >= 4 is 17.7 Å². The molecule has 9 heteroatoms. The molecule has 0 saturated carbocycles. The standard InChI is InChI=1S/C19H23F3N4OS/c1-4-18(2)7-10-26(11-8-18)17-24-12-14(16(27)25(17)3)28-13-6-5-9-23-15(13)19(20,21)22/h5-6,9,12H,4,7-8,10-11H2,1-3H3. The highest BCUT2D eigenvalue weighted by Crippen LogP contribution is 2.38. The summed E-state index contributed by atoms with van der Waals surface area (Å²) in [5.41, 5.74) is -1.06. The fraction of sp³-hybridized carbons (Fsp3) is 0.526. The molecule has 0 aromatic carbocycles. The van der Waals surface area contributed by atoms with Crippen LogP contribution in [0.1, 0.15) is 38.8 Å². The number of aromatic nitrogens is 3. The van der Waals surface area contributed by atoms with Crippen molar-refractivity contribution in [3.8, 4) is 0 Å². The summed E-state index contributed by atoms with van der Waals surface area (Å²) in [4.78, 5) is 22.7. The summed E-state index contributed by atoms with van der Waals surface area (Å²) in [6, 6.07) is 2.73. The first-order valence-corrected chi connectivity index (χ1v) is 9.97. The van der Waals surface area contributed by atoms with E-state index in [1.807, 2.05) is 0 Å². The van der Waals surface area contributed by atoms with Crippen molar-refractivity contribution in [2.45, 2.75) is 49.1 Å². The first-order valence-electron chi connectivity index (χ1n) is 9.16. The van der Waals surface area contributed by atoms with Crippen LogP contribution < -0.4 is 10.5 Å². The molecule has 5 nitrogen and oxygen atoms in total. The van der Waals surface area contributed by atoms with Gasteiger partial charge in [0.05, 0.1) is 11.1 Å². The third kappa shape index (κ3) is 4.19. The molecule has 3 rings (SSSR count). The van der Waals surface area contributed by atoms with Crippen molar-refractivity contribution in [1.29, 1.82) is 0 Å². The summed E-state index contributed by atoms with van der Waals surface area (Å²) in [6.07, 6.45) is 1.01. The highest BCUT2D eigenvalue weighted by atomic mass is 32.2. The number of anilines is 1. The van der Waals surface area contributed by atoms with E-state index in [1.54, 1.807) is 7.05 Å². The molecule has 0 aliphatic carbocycles. The lowest BCUT2D eigenvalue weighted by Gasteiger charge is -2.39. The van der Waals surface area contributed by atoms with E-state index in [2.05, 4.69) is 28.7 Å². The molecule has 0 bridgehead atoms. The molecule has 1 aliphatic heterocycles. The second kappa shape index (κ2) is 7.77. The fourth-order valence-corrected chi connectivity index (χ4v) is 4.26. The van der Waals surface area contributed by atoms with Gasteiger partial charge in [-0.2, -0.15) is 13.2 Å². The van der Waals surface area contributed by atoms with Gasteiger partial charge in [-0.3, -0.25) is 14.3 Å². The van der Waals surface area contributed by atoms with Crippen molar-refractivity contribution in [1.82, 2.24) is 14.5 Å². The van der Waals surface area contributed by atoms with E-state index in [1.165, 1.54) is 22.9 Å². The van der Waals surface area contributed by atoms with Crippen molar-refractivity contribution < 1.29 is 13.2 Å². The molecule has 3 heterocycles. The van der Waals surface area contributed by atoms with Crippen LogP contribution in [0.5, 0.6) is 0 Å². The number of hydrogen-bond acceptors (Lipinski definition) is 5. The Bertz CT molecular complexity index is 905. The average molecular weight is 412 g/mol. The lowest BCUT2D eigenvalue weighted by Crippen LogP contribution is -2.41. The summed E-state index contributed by atoms with van der Waals surface area (Å²) >= 11 is 0.744. The van der Waals surface area contributed by atoms with Crippen molar-refractivity contribution in [2.24, 2.45) is 12.5 Å². The average Bonchev–Trinajstić information content (AvgIpc) is 2.66. The molecule has 28 heavy (non-hydrogen) atoms. The Hall–Kier alpha value is -2.03. The highest BCUT2D eigenvalue weighted by molar-refractivity contribution is 7.99. The Labute approximate surface area is 166 Å². The summed E-state index contributed by atoms with van der Waals surface area (Å²) in [5, 5.41) is 0. The Morgan fingerprint density at radius 2 is 1.89 bits per heavy atom. The van der Waals surface area contributed by atoms with Crippen LogP contribution >= 0.6 is 11.8 Å². The molecule has 0 unspecified atom stereocenters. The number of rotatable bonds is 4. The first-order chi connectivity index (χ1) is 13.1. The minimum absolute atomic E-state index is 0.113. The monoisotopic (exact) mass is 412 g/mol. The lowest BCUT2D eigenvalue weighted by molar-refractivity contribution is -0.143. The Morgan fingerprint density at radius 1 is 1.21 bits per heavy atom.